The Labute approximate surface area is 276 Å². The van der Waals surface area contributed by atoms with Gasteiger partial charge < -0.3 is 4.42 Å². The van der Waals surface area contributed by atoms with E-state index in [2.05, 4.69) is 77.5 Å². The Balaban J connectivity index is 1.10. The molecule has 0 fully saturated rings. The van der Waals surface area contributed by atoms with Crippen LogP contribution in [-0.2, 0) is 0 Å². The largest absolute Gasteiger partial charge is 0.456 e. The van der Waals surface area contributed by atoms with Gasteiger partial charge in [-0.25, -0.2) is 19.9 Å². The number of imidazole rings is 1. The minimum Gasteiger partial charge on any atom is -0.456 e. The third kappa shape index (κ3) is 4.08. The number of benzene rings is 6. The first-order valence-electron chi connectivity index (χ1n) is 15.8. The molecule has 0 unspecified atom stereocenters. The highest BCUT2D eigenvalue weighted by atomic mass is 28.2. The fraction of sp³-hybridized carbons (Fsp3) is 0. The van der Waals surface area contributed by atoms with Crippen LogP contribution in [0, 0.1) is 0 Å². The molecule has 1 aliphatic rings. The van der Waals surface area contributed by atoms with E-state index < -0.39 is 8.41 Å². The normalized spacial score (nSPS) is 12.2. The van der Waals surface area contributed by atoms with E-state index in [9.17, 15) is 0 Å². The van der Waals surface area contributed by atoms with E-state index in [1.54, 1.807) is 0 Å². The molecule has 0 bridgehead atoms. The van der Waals surface area contributed by atoms with Gasteiger partial charge in [0.15, 0.2) is 17.5 Å². The highest BCUT2D eigenvalue weighted by Gasteiger charge is 2.28. The van der Waals surface area contributed by atoms with Gasteiger partial charge in [-0.05, 0) is 46.6 Å². The third-order valence-electron chi connectivity index (χ3n) is 9.16. The molecule has 0 saturated heterocycles. The average Bonchev–Trinajstić information content (AvgIpc) is 3.80. The molecule has 3 aromatic heterocycles. The summed E-state index contributed by atoms with van der Waals surface area (Å²) in [4.78, 5) is 19.6. The van der Waals surface area contributed by atoms with Gasteiger partial charge in [-0.15, -0.1) is 6.17 Å². The van der Waals surface area contributed by atoms with Gasteiger partial charge in [0.2, 0.25) is 0 Å². The Bertz CT molecular complexity index is 2670. The van der Waals surface area contributed by atoms with E-state index in [4.69, 9.17) is 24.4 Å². The molecule has 48 heavy (non-hydrogen) atoms. The number of nitrogens with zero attached hydrogens (tertiary/aromatic N) is 5. The number of fused-ring (bicyclic) bond motifs is 8. The van der Waals surface area contributed by atoms with E-state index in [0.717, 1.165) is 71.9 Å². The molecule has 0 atom stereocenters. The van der Waals surface area contributed by atoms with Gasteiger partial charge in [-0.3, -0.25) is 4.57 Å². The van der Waals surface area contributed by atoms with Crippen molar-refractivity contribution in [2.75, 3.05) is 0 Å². The van der Waals surface area contributed by atoms with Crippen LogP contribution < -0.4 is 10.6 Å². The molecular weight excluding hydrogens is 607 g/mol. The maximum Gasteiger partial charge on any atom is 0.164 e. The molecule has 0 radical (unpaired) electrons. The van der Waals surface area contributed by atoms with Crippen LogP contribution in [0.15, 0.2) is 144 Å². The summed E-state index contributed by atoms with van der Waals surface area (Å²) in [6, 6.07) is 47.6. The Kier molecular flexibility index (Phi) is 5.79. The first kappa shape index (κ1) is 26.9. The summed E-state index contributed by atoms with van der Waals surface area (Å²) < 4.78 is 8.78. The van der Waals surface area contributed by atoms with Crippen molar-refractivity contribution in [3.05, 3.63) is 140 Å². The van der Waals surface area contributed by atoms with Gasteiger partial charge >= 0.3 is 0 Å². The van der Waals surface area contributed by atoms with Gasteiger partial charge in [0.1, 0.15) is 25.0 Å². The Hall–Kier alpha value is -6.31. The van der Waals surface area contributed by atoms with E-state index in [1.807, 2.05) is 72.8 Å². The fourth-order valence-electron chi connectivity index (χ4n) is 6.86. The zero-order valence-electron chi connectivity index (χ0n) is 25.6. The van der Waals surface area contributed by atoms with Gasteiger partial charge in [0, 0.05) is 27.5 Å². The van der Waals surface area contributed by atoms with Crippen molar-refractivity contribution in [3.8, 4) is 51.0 Å². The molecule has 0 saturated carbocycles. The molecule has 1 aliphatic heterocycles. The highest BCUT2D eigenvalue weighted by molar-refractivity contribution is 6.87. The summed E-state index contributed by atoms with van der Waals surface area (Å²) in [7, 11) is -1.27. The van der Waals surface area contributed by atoms with Gasteiger partial charge in [0.25, 0.3) is 0 Å². The summed E-state index contributed by atoms with van der Waals surface area (Å²) in [6.07, 6.45) is 4.58. The fourth-order valence-corrected chi connectivity index (χ4v) is 8.66. The van der Waals surface area contributed by atoms with Crippen molar-refractivity contribution in [3.63, 3.8) is 0 Å². The van der Waals surface area contributed by atoms with E-state index >= 15 is 0 Å². The first-order valence-corrected chi connectivity index (χ1v) is 17.5. The van der Waals surface area contributed by atoms with Crippen molar-refractivity contribution >= 4 is 58.2 Å². The number of aromatic nitrogens is 5. The predicted molar refractivity (Wildman–Crippen MR) is 196 cm³/mol. The molecule has 0 amide bonds. The molecule has 4 heterocycles. The van der Waals surface area contributed by atoms with Crippen molar-refractivity contribution in [1.82, 2.24) is 24.5 Å². The molecule has 9 aromatic rings. The van der Waals surface area contributed by atoms with Crippen molar-refractivity contribution in [1.29, 1.82) is 0 Å². The third-order valence-corrected chi connectivity index (χ3v) is 11.1. The van der Waals surface area contributed by atoms with Crippen molar-refractivity contribution in [2.45, 2.75) is 0 Å². The Morgan fingerprint density at radius 1 is 0.542 bits per heavy atom. The molecule has 6 aromatic carbocycles. The highest BCUT2D eigenvalue weighted by Crippen LogP contribution is 2.38. The molecule has 7 heteroatoms. The maximum atomic E-state index is 6.49. The molecule has 0 aliphatic carbocycles. The molecule has 0 spiro atoms. The van der Waals surface area contributed by atoms with Crippen LogP contribution in [0.5, 0.6) is 0 Å². The lowest BCUT2D eigenvalue weighted by molar-refractivity contribution is 0.669. The molecule has 224 valence electrons. The molecular formula is C41H25N5OSi. The lowest BCUT2D eigenvalue weighted by atomic mass is 9.98. The lowest BCUT2D eigenvalue weighted by Crippen LogP contribution is -2.31. The monoisotopic (exact) mass is 631 g/mol. The number of para-hydroxylation sites is 2. The van der Waals surface area contributed by atoms with E-state index in [-0.39, 0.29) is 0 Å². The van der Waals surface area contributed by atoms with E-state index in [0.29, 0.717) is 17.5 Å². The number of furan rings is 1. The maximum absolute atomic E-state index is 6.49. The van der Waals surface area contributed by atoms with Gasteiger partial charge in [0.05, 0.1) is 16.7 Å². The summed E-state index contributed by atoms with van der Waals surface area (Å²) in [5.74, 6) is 1.92. The average molecular weight is 632 g/mol. The standard InChI is InChI=1S/C41H25N5OSi/c1-48-36-24-35-30(23-33(36)46-32-17-9-8-16-31(32)42-41(46)48)37-29(15-10-18-34(37)47-35)25-19-21-28(22-20-25)40-44-38(26-11-4-2-5-12-26)43-39(45-40)27-13-6-3-7-14-27/h2-24H,1H2. The second-order valence-corrected chi connectivity index (χ2v) is 13.9. The molecule has 10 rings (SSSR count). The predicted octanol–water partition coefficient (Wildman–Crippen LogP) is 7.71. The summed E-state index contributed by atoms with van der Waals surface area (Å²) >= 11 is 0. The second kappa shape index (κ2) is 10.4. The first-order chi connectivity index (χ1) is 23.7. The van der Waals surface area contributed by atoms with Crippen molar-refractivity contribution < 1.29 is 4.42 Å². The van der Waals surface area contributed by atoms with Gasteiger partial charge in [-0.1, -0.05) is 109 Å². The lowest BCUT2D eigenvalue weighted by Gasteiger charge is -2.09. The summed E-state index contributed by atoms with van der Waals surface area (Å²) in [5.41, 5.74) is 11.1. The van der Waals surface area contributed by atoms with E-state index in [1.165, 1.54) is 5.19 Å². The van der Waals surface area contributed by atoms with Crippen LogP contribution >= 0.6 is 0 Å². The number of rotatable bonds is 4. The topological polar surface area (TPSA) is 69.6 Å². The van der Waals surface area contributed by atoms with Crippen LogP contribution in [0.3, 0.4) is 0 Å². The quantitative estimate of drug-likeness (QED) is 0.186. The zero-order chi connectivity index (χ0) is 31.8. The zero-order valence-corrected chi connectivity index (χ0v) is 26.6. The molecule has 6 nitrogen and oxygen atoms in total. The smallest absolute Gasteiger partial charge is 0.164 e. The minimum absolute atomic E-state index is 0.630. The summed E-state index contributed by atoms with van der Waals surface area (Å²) in [6.45, 7) is 0. The second-order valence-electron chi connectivity index (χ2n) is 12.0. The van der Waals surface area contributed by atoms with Crippen LogP contribution in [0.1, 0.15) is 0 Å². The van der Waals surface area contributed by atoms with Crippen LogP contribution in [0.4, 0.5) is 0 Å². The minimum atomic E-state index is -1.27. The Morgan fingerprint density at radius 3 is 1.83 bits per heavy atom. The summed E-state index contributed by atoms with van der Waals surface area (Å²) in [5, 5.41) is 3.41. The SMILES string of the molecule is C=[Si]1c2cc3oc4cccc(-c5ccc(-c6nc(-c7ccccc7)nc(-c7ccccc7)n6)cc5)c4c3cc2-n2c1nc1ccccc12. The number of hydrogen-bond acceptors (Lipinski definition) is 5. The Morgan fingerprint density at radius 2 is 1.15 bits per heavy atom. The molecule has 0 N–H and O–H groups in total. The van der Waals surface area contributed by atoms with Crippen LogP contribution in [0.2, 0.25) is 0 Å². The van der Waals surface area contributed by atoms with Crippen LogP contribution in [-0.4, -0.2) is 39.1 Å². The van der Waals surface area contributed by atoms with Crippen molar-refractivity contribution in [2.24, 2.45) is 0 Å². The van der Waals surface area contributed by atoms with Gasteiger partial charge in [-0.2, -0.15) is 0 Å². The number of hydrogen-bond donors (Lipinski definition) is 0. The van der Waals surface area contributed by atoms with Crippen LogP contribution in [0.25, 0.3) is 83.9 Å².